The molecule has 2 aliphatic rings. The molecule has 0 amide bonds. The van der Waals surface area contributed by atoms with Crippen LogP contribution in [0.5, 0.6) is 5.75 Å². The van der Waals surface area contributed by atoms with Gasteiger partial charge in [0.15, 0.2) is 5.96 Å². The summed E-state index contributed by atoms with van der Waals surface area (Å²) in [5.74, 6) is 1.84. The van der Waals surface area contributed by atoms with E-state index in [1.807, 2.05) is 19.2 Å². The molecule has 1 aromatic carbocycles. The Morgan fingerprint density at radius 2 is 1.93 bits per heavy atom. The molecular formula is C21H34IN3O3. The van der Waals surface area contributed by atoms with Crippen molar-refractivity contribution < 1.29 is 14.2 Å². The van der Waals surface area contributed by atoms with Crippen LogP contribution in [0.2, 0.25) is 0 Å². The molecular weight excluding hydrogens is 469 g/mol. The van der Waals surface area contributed by atoms with Gasteiger partial charge in [-0.05, 0) is 49.8 Å². The van der Waals surface area contributed by atoms with E-state index in [2.05, 4.69) is 27.3 Å². The largest absolute Gasteiger partial charge is 0.497 e. The maximum atomic E-state index is 6.11. The number of benzene rings is 1. The van der Waals surface area contributed by atoms with Crippen LogP contribution in [-0.4, -0.2) is 63.5 Å². The molecule has 6 nitrogen and oxygen atoms in total. The second-order valence-electron chi connectivity index (χ2n) is 7.26. The molecule has 2 heterocycles. The average molecular weight is 503 g/mol. The van der Waals surface area contributed by atoms with Crippen LogP contribution in [0, 0.1) is 0 Å². The number of hydrogen-bond donors (Lipinski definition) is 1. The van der Waals surface area contributed by atoms with E-state index in [9.17, 15) is 0 Å². The highest BCUT2D eigenvalue weighted by Crippen LogP contribution is 2.18. The Bertz CT molecular complexity index is 583. The average Bonchev–Trinajstić information content (AvgIpc) is 2.74. The van der Waals surface area contributed by atoms with Gasteiger partial charge in [-0.3, -0.25) is 4.99 Å². The van der Waals surface area contributed by atoms with Crippen LogP contribution in [0.25, 0.3) is 0 Å². The van der Waals surface area contributed by atoms with Gasteiger partial charge >= 0.3 is 0 Å². The van der Waals surface area contributed by atoms with Crippen LogP contribution >= 0.6 is 24.0 Å². The summed E-state index contributed by atoms with van der Waals surface area (Å²) in [6.45, 7) is 4.33. The molecule has 1 aromatic rings. The van der Waals surface area contributed by atoms with Crippen LogP contribution in [-0.2, 0) is 16.0 Å². The van der Waals surface area contributed by atoms with E-state index in [-0.39, 0.29) is 24.0 Å². The van der Waals surface area contributed by atoms with E-state index >= 15 is 0 Å². The first-order valence-corrected chi connectivity index (χ1v) is 10.1. The van der Waals surface area contributed by atoms with Crippen LogP contribution in [0.3, 0.4) is 0 Å². The molecule has 2 aliphatic heterocycles. The molecule has 28 heavy (non-hydrogen) atoms. The Morgan fingerprint density at radius 1 is 1.18 bits per heavy atom. The molecule has 2 fully saturated rings. The topological polar surface area (TPSA) is 55.3 Å². The summed E-state index contributed by atoms with van der Waals surface area (Å²) in [4.78, 5) is 6.77. The van der Waals surface area contributed by atoms with Crippen LogP contribution in [0.15, 0.2) is 29.3 Å². The van der Waals surface area contributed by atoms with Crippen LogP contribution in [0.1, 0.15) is 37.7 Å². The predicted molar refractivity (Wildman–Crippen MR) is 123 cm³/mol. The fourth-order valence-electron chi connectivity index (χ4n) is 3.67. The number of aliphatic imine (C=N–C) groups is 1. The molecule has 2 saturated heterocycles. The van der Waals surface area contributed by atoms with Crippen molar-refractivity contribution in [2.75, 3.05) is 40.5 Å². The van der Waals surface area contributed by atoms with Crippen LogP contribution < -0.4 is 10.1 Å². The van der Waals surface area contributed by atoms with Crippen molar-refractivity contribution in [2.24, 2.45) is 4.99 Å². The predicted octanol–water partition coefficient (Wildman–Crippen LogP) is 3.44. The lowest BCUT2D eigenvalue weighted by Gasteiger charge is -2.35. The number of halogens is 1. The van der Waals surface area contributed by atoms with Gasteiger partial charge in [0.1, 0.15) is 5.75 Å². The molecule has 1 atom stereocenters. The van der Waals surface area contributed by atoms with Crippen molar-refractivity contribution in [2.45, 2.75) is 50.9 Å². The van der Waals surface area contributed by atoms with Gasteiger partial charge in [-0.2, -0.15) is 0 Å². The highest BCUT2D eigenvalue weighted by atomic mass is 127. The summed E-state index contributed by atoms with van der Waals surface area (Å²) >= 11 is 0. The Balaban J connectivity index is 0.00000280. The van der Waals surface area contributed by atoms with Crippen molar-refractivity contribution in [1.29, 1.82) is 0 Å². The molecule has 7 heteroatoms. The molecule has 0 bridgehead atoms. The van der Waals surface area contributed by atoms with Gasteiger partial charge in [-0.1, -0.05) is 12.1 Å². The monoisotopic (exact) mass is 503 g/mol. The summed E-state index contributed by atoms with van der Waals surface area (Å²) in [6, 6.07) is 8.12. The third-order valence-electron chi connectivity index (χ3n) is 5.35. The number of piperidine rings is 1. The van der Waals surface area contributed by atoms with E-state index in [4.69, 9.17) is 14.2 Å². The SMILES string of the molecule is CN=C(NCc1ccc(OC)cc1)N1CCC(OCC2CCCCO2)CC1.I. The molecule has 1 N–H and O–H groups in total. The standard InChI is InChI=1S/C21H33N3O3.HI/c1-22-21(23-15-17-6-8-18(25-2)9-7-17)24-12-10-19(11-13-24)27-16-20-5-3-4-14-26-20;/h6-9,19-20H,3-5,10-16H2,1-2H3,(H,22,23);1H. The zero-order chi connectivity index (χ0) is 18.9. The summed E-state index contributed by atoms with van der Waals surface area (Å²) in [6.07, 6.45) is 6.31. The van der Waals surface area contributed by atoms with E-state index in [0.29, 0.717) is 12.2 Å². The van der Waals surface area contributed by atoms with Gasteiger partial charge in [-0.15, -0.1) is 24.0 Å². The highest BCUT2D eigenvalue weighted by molar-refractivity contribution is 14.0. The summed E-state index contributed by atoms with van der Waals surface area (Å²) < 4.78 is 17.1. The van der Waals surface area contributed by atoms with E-state index < -0.39 is 0 Å². The van der Waals surface area contributed by atoms with Crippen molar-refractivity contribution in [3.8, 4) is 5.75 Å². The smallest absolute Gasteiger partial charge is 0.193 e. The molecule has 0 saturated carbocycles. The maximum absolute atomic E-state index is 6.11. The zero-order valence-electron chi connectivity index (χ0n) is 17.1. The Labute approximate surface area is 186 Å². The number of hydrogen-bond acceptors (Lipinski definition) is 4. The fraction of sp³-hybridized carbons (Fsp3) is 0.667. The number of methoxy groups -OCH3 is 1. The van der Waals surface area contributed by atoms with E-state index in [1.54, 1.807) is 7.11 Å². The number of ether oxygens (including phenoxy) is 3. The van der Waals surface area contributed by atoms with Crippen molar-refractivity contribution in [3.63, 3.8) is 0 Å². The zero-order valence-corrected chi connectivity index (χ0v) is 19.4. The normalized spacial score (nSPS) is 21.1. The third-order valence-corrected chi connectivity index (χ3v) is 5.35. The Kier molecular flexibility index (Phi) is 10.4. The number of guanidine groups is 1. The number of nitrogens with one attached hydrogen (secondary N) is 1. The minimum Gasteiger partial charge on any atom is -0.497 e. The number of rotatable bonds is 6. The summed E-state index contributed by atoms with van der Waals surface area (Å²) in [5, 5.41) is 3.47. The summed E-state index contributed by atoms with van der Waals surface area (Å²) in [5.41, 5.74) is 1.21. The molecule has 0 spiro atoms. The molecule has 0 aromatic heterocycles. The molecule has 158 valence electrons. The van der Waals surface area contributed by atoms with Gasteiger partial charge in [0.25, 0.3) is 0 Å². The number of nitrogens with zero attached hydrogens (tertiary/aromatic N) is 2. The lowest BCUT2D eigenvalue weighted by Crippen LogP contribution is -2.47. The first kappa shape index (κ1) is 23.2. The van der Waals surface area contributed by atoms with Gasteiger partial charge in [-0.25, -0.2) is 0 Å². The molecule has 1 unspecified atom stereocenters. The van der Waals surface area contributed by atoms with E-state index in [0.717, 1.165) is 63.8 Å². The maximum Gasteiger partial charge on any atom is 0.193 e. The Morgan fingerprint density at radius 3 is 2.54 bits per heavy atom. The van der Waals surface area contributed by atoms with Gasteiger partial charge in [0.05, 0.1) is 25.9 Å². The Hall–Kier alpha value is -1.06. The minimum absolute atomic E-state index is 0. The van der Waals surface area contributed by atoms with Gasteiger partial charge in [0.2, 0.25) is 0 Å². The van der Waals surface area contributed by atoms with Crippen molar-refractivity contribution in [3.05, 3.63) is 29.8 Å². The highest BCUT2D eigenvalue weighted by Gasteiger charge is 2.23. The van der Waals surface area contributed by atoms with Gasteiger partial charge in [0, 0.05) is 33.3 Å². The fourth-order valence-corrected chi connectivity index (χ4v) is 3.67. The van der Waals surface area contributed by atoms with Crippen LogP contribution in [0.4, 0.5) is 0 Å². The lowest BCUT2D eigenvalue weighted by atomic mass is 10.1. The number of likely N-dealkylation sites (tertiary alicyclic amines) is 1. The third kappa shape index (κ3) is 7.08. The van der Waals surface area contributed by atoms with E-state index in [1.165, 1.54) is 18.4 Å². The quantitative estimate of drug-likeness (QED) is 0.366. The van der Waals surface area contributed by atoms with Gasteiger partial charge < -0.3 is 24.4 Å². The van der Waals surface area contributed by atoms with Crippen molar-refractivity contribution >= 4 is 29.9 Å². The lowest BCUT2D eigenvalue weighted by molar-refractivity contribution is -0.0721. The first-order chi connectivity index (χ1) is 13.3. The van der Waals surface area contributed by atoms with Crippen molar-refractivity contribution in [1.82, 2.24) is 10.2 Å². The first-order valence-electron chi connectivity index (χ1n) is 10.1. The summed E-state index contributed by atoms with van der Waals surface area (Å²) in [7, 11) is 3.53. The second-order valence-corrected chi connectivity index (χ2v) is 7.26. The second kappa shape index (κ2) is 12.5. The minimum atomic E-state index is 0. The molecule has 0 aliphatic carbocycles. The molecule has 0 radical (unpaired) electrons. The molecule has 3 rings (SSSR count).